The van der Waals surface area contributed by atoms with Gasteiger partial charge in [-0.05, 0) is 30.7 Å². The standard InChI is InChI=1S/C17H19N3O/c1-13(21-15-8-3-2-4-9-15)11-18-17-19-12-14-7-5-6-10-16(14)20-17/h2-10,13H,11-12H2,1H3,(H2,18,19,20)/t13-/m0/s1. The van der Waals surface area contributed by atoms with Crippen LogP contribution < -0.4 is 15.4 Å². The molecule has 0 unspecified atom stereocenters. The average Bonchev–Trinajstić information content (AvgIpc) is 2.54. The van der Waals surface area contributed by atoms with E-state index < -0.39 is 0 Å². The zero-order chi connectivity index (χ0) is 14.5. The molecule has 2 N–H and O–H groups in total. The summed E-state index contributed by atoms with van der Waals surface area (Å²) in [5.41, 5.74) is 2.24. The van der Waals surface area contributed by atoms with Gasteiger partial charge in [-0.25, -0.2) is 4.99 Å². The van der Waals surface area contributed by atoms with Crippen LogP contribution in [0.2, 0.25) is 0 Å². The van der Waals surface area contributed by atoms with E-state index in [0.29, 0.717) is 6.54 Å². The van der Waals surface area contributed by atoms with Crippen molar-refractivity contribution in [2.45, 2.75) is 19.6 Å². The number of hydrogen-bond acceptors (Lipinski definition) is 4. The summed E-state index contributed by atoms with van der Waals surface area (Å²) in [7, 11) is 0. The quantitative estimate of drug-likeness (QED) is 0.906. The normalized spacial score (nSPS) is 14.4. The van der Waals surface area contributed by atoms with E-state index in [0.717, 1.165) is 23.9 Å². The van der Waals surface area contributed by atoms with Crippen molar-refractivity contribution in [1.29, 1.82) is 0 Å². The number of aliphatic imine (C=N–C) groups is 1. The fourth-order valence-electron chi connectivity index (χ4n) is 2.22. The van der Waals surface area contributed by atoms with Gasteiger partial charge in [0.25, 0.3) is 0 Å². The minimum absolute atomic E-state index is 0.0640. The van der Waals surface area contributed by atoms with Crippen molar-refractivity contribution in [1.82, 2.24) is 10.6 Å². The van der Waals surface area contributed by atoms with Gasteiger partial charge in [0, 0.05) is 6.54 Å². The molecule has 1 atom stereocenters. The van der Waals surface area contributed by atoms with Crippen molar-refractivity contribution in [3.8, 4) is 5.75 Å². The molecule has 2 aromatic carbocycles. The van der Waals surface area contributed by atoms with E-state index >= 15 is 0 Å². The first-order chi connectivity index (χ1) is 10.3. The molecule has 0 bridgehead atoms. The van der Waals surface area contributed by atoms with E-state index in [2.05, 4.69) is 21.7 Å². The van der Waals surface area contributed by atoms with Crippen LogP contribution in [-0.2, 0) is 6.54 Å². The Bertz CT molecular complexity index is 625. The Morgan fingerprint density at radius 3 is 2.76 bits per heavy atom. The lowest BCUT2D eigenvalue weighted by molar-refractivity contribution is 0.224. The number of nitrogens with one attached hydrogen (secondary N) is 2. The van der Waals surface area contributed by atoms with Crippen LogP contribution >= 0.6 is 0 Å². The third-order valence-electron chi connectivity index (χ3n) is 3.31. The maximum Gasteiger partial charge on any atom is 0.196 e. The molecule has 1 heterocycles. The Morgan fingerprint density at radius 2 is 1.90 bits per heavy atom. The van der Waals surface area contributed by atoms with Gasteiger partial charge in [0.2, 0.25) is 0 Å². The van der Waals surface area contributed by atoms with Crippen molar-refractivity contribution in [2.75, 3.05) is 6.54 Å². The minimum atomic E-state index is 0.0640. The van der Waals surface area contributed by atoms with Crippen molar-refractivity contribution >= 4 is 11.6 Å². The SMILES string of the molecule is C[C@@H](CNC1=Nc2ccccc2CN1)Oc1ccccc1. The molecule has 0 aliphatic carbocycles. The first-order valence-corrected chi connectivity index (χ1v) is 7.17. The maximum absolute atomic E-state index is 5.83. The molecule has 0 aromatic heterocycles. The number of rotatable bonds is 4. The largest absolute Gasteiger partial charge is 0.489 e. The second-order valence-corrected chi connectivity index (χ2v) is 5.07. The molecular weight excluding hydrogens is 262 g/mol. The summed E-state index contributed by atoms with van der Waals surface area (Å²) in [6.45, 7) is 3.54. The summed E-state index contributed by atoms with van der Waals surface area (Å²) >= 11 is 0. The topological polar surface area (TPSA) is 45.7 Å². The lowest BCUT2D eigenvalue weighted by Gasteiger charge is -2.21. The predicted molar refractivity (Wildman–Crippen MR) is 84.9 cm³/mol. The van der Waals surface area contributed by atoms with Gasteiger partial charge in [-0.1, -0.05) is 36.4 Å². The molecule has 21 heavy (non-hydrogen) atoms. The monoisotopic (exact) mass is 281 g/mol. The van der Waals surface area contributed by atoms with Crippen LogP contribution in [-0.4, -0.2) is 18.6 Å². The van der Waals surface area contributed by atoms with Crippen molar-refractivity contribution < 1.29 is 4.74 Å². The second kappa shape index (κ2) is 6.31. The number of fused-ring (bicyclic) bond motifs is 1. The Hall–Kier alpha value is -2.49. The van der Waals surface area contributed by atoms with Crippen LogP contribution in [0.25, 0.3) is 0 Å². The van der Waals surface area contributed by atoms with Gasteiger partial charge in [0.15, 0.2) is 5.96 Å². The summed E-state index contributed by atoms with van der Waals surface area (Å²) in [5, 5.41) is 6.57. The first-order valence-electron chi connectivity index (χ1n) is 7.17. The molecule has 1 aliphatic rings. The Kier molecular flexibility index (Phi) is 4.05. The number of benzene rings is 2. The van der Waals surface area contributed by atoms with Gasteiger partial charge in [-0.2, -0.15) is 0 Å². The lowest BCUT2D eigenvalue weighted by Crippen LogP contribution is -2.42. The minimum Gasteiger partial charge on any atom is -0.489 e. The first kappa shape index (κ1) is 13.5. The number of hydrogen-bond donors (Lipinski definition) is 2. The molecule has 108 valence electrons. The molecule has 1 aliphatic heterocycles. The zero-order valence-electron chi connectivity index (χ0n) is 12.0. The smallest absolute Gasteiger partial charge is 0.196 e. The van der Waals surface area contributed by atoms with Gasteiger partial charge in [-0.15, -0.1) is 0 Å². The van der Waals surface area contributed by atoms with Gasteiger partial charge >= 0.3 is 0 Å². The average molecular weight is 281 g/mol. The van der Waals surface area contributed by atoms with Crippen molar-refractivity contribution in [3.63, 3.8) is 0 Å². The maximum atomic E-state index is 5.83. The molecule has 0 spiro atoms. The highest BCUT2D eigenvalue weighted by atomic mass is 16.5. The fourth-order valence-corrected chi connectivity index (χ4v) is 2.22. The molecule has 0 radical (unpaired) electrons. The zero-order valence-corrected chi connectivity index (χ0v) is 12.0. The Balaban J connectivity index is 1.55. The fraction of sp³-hybridized carbons (Fsp3) is 0.235. The molecule has 3 rings (SSSR count). The van der Waals surface area contributed by atoms with Crippen LogP contribution in [0.4, 0.5) is 5.69 Å². The summed E-state index contributed by atoms with van der Waals surface area (Å²) < 4.78 is 5.83. The lowest BCUT2D eigenvalue weighted by atomic mass is 10.1. The van der Waals surface area contributed by atoms with Gasteiger partial charge in [-0.3, -0.25) is 0 Å². The summed E-state index contributed by atoms with van der Waals surface area (Å²) in [6.07, 6.45) is 0.0640. The Labute approximate surface area is 124 Å². The number of guanidine groups is 1. The summed E-state index contributed by atoms with van der Waals surface area (Å²) in [5.74, 6) is 1.69. The van der Waals surface area contributed by atoms with Crippen LogP contribution in [0.1, 0.15) is 12.5 Å². The summed E-state index contributed by atoms with van der Waals surface area (Å²) in [6, 6.07) is 18.0. The van der Waals surface area contributed by atoms with Crippen LogP contribution in [0, 0.1) is 0 Å². The van der Waals surface area contributed by atoms with E-state index in [-0.39, 0.29) is 6.10 Å². The molecule has 0 fully saturated rings. The summed E-state index contributed by atoms with van der Waals surface area (Å²) in [4.78, 5) is 4.56. The number of nitrogens with zero attached hydrogens (tertiary/aromatic N) is 1. The van der Waals surface area contributed by atoms with E-state index in [1.54, 1.807) is 0 Å². The Morgan fingerprint density at radius 1 is 1.14 bits per heavy atom. The number of para-hydroxylation sites is 2. The molecule has 4 heteroatoms. The molecule has 0 saturated carbocycles. The van der Waals surface area contributed by atoms with Gasteiger partial charge in [0.05, 0.1) is 12.2 Å². The van der Waals surface area contributed by atoms with E-state index in [1.165, 1.54) is 5.56 Å². The van der Waals surface area contributed by atoms with Crippen LogP contribution in [0.5, 0.6) is 5.75 Å². The van der Waals surface area contributed by atoms with Gasteiger partial charge in [0.1, 0.15) is 11.9 Å². The number of ether oxygens (including phenoxy) is 1. The second-order valence-electron chi connectivity index (χ2n) is 5.07. The van der Waals surface area contributed by atoms with Crippen LogP contribution in [0.3, 0.4) is 0 Å². The van der Waals surface area contributed by atoms with Gasteiger partial charge < -0.3 is 15.4 Å². The van der Waals surface area contributed by atoms with Crippen molar-refractivity contribution in [3.05, 3.63) is 60.2 Å². The highest BCUT2D eigenvalue weighted by molar-refractivity contribution is 5.84. The van der Waals surface area contributed by atoms with E-state index in [9.17, 15) is 0 Å². The molecule has 4 nitrogen and oxygen atoms in total. The van der Waals surface area contributed by atoms with Crippen LogP contribution in [0.15, 0.2) is 59.6 Å². The predicted octanol–water partition coefficient (Wildman–Crippen LogP) is 2.83. The van der Waals surface area contributed by atoms with Crippen molar-refractivity contribution in [2.24, 2.45) is 4.99 Å². The highest BCUT2D eigenvalue weighted by Gasteiger charge is 2.11. The molecule has 0 saturated heterocycles. The highest BCUT2D eigenvalue weighted by Crippen LogP contribution is 2.20. The van der Waals surface area contributed by atoms with E-state index in [4.69, 9.17) is 4.74 Å². The molecular formula is C17H19N3O. The third-order valence-corrected chi connectivity index (χ3v) is 3.31. The molecule has 0 amide bonds. The molecule has 2 aromatic rings. The van der Waals surface area contributed by atoms with E-state index in [1.807, 2.05) is 55.5 Å². The third kappa shape index (κ3) is 3.54.